The molecular formula is C26H28ClN5O2. The Morgan fingerprint density at radius 1 is 1.00 bits per heavy atom. The highest BCUT2D eigenvalue weighted by molar-refractivity contribution is 6.32. The predicted octanol–water partition coefficient (Wildman–Crippen LogP) is 5.80. The number of halogens is 1. The normalized spacial score (nSPS) is 11.0. The minimum Gasteiger partial charge on any atom is -0.495 e. The van der Waals surface area contributed by atoms with Crippen molar-refractivity contribution in [2.75, 3.05) is 30.4 Å². The molecule has 4 aromatic rings. The highest BCUT2D eigenvalue weighted by Gasteiger charge is 2.14. The lowest BCUT2D eigenvalue weighted by molar-refractivity contribution is 0.102. The quantitative estimate of drug-likeness (QED) is 0.364. The number of benzene rings is 3. The number of hydrogen-bond donors (Lipinski definition) is 1. The zero-order valence-corrected chi connectivity index (χ0v) is 20.8. The Balaban J connectivity index is 1.62. The van der Waals surface area contributed by atoms with Gasteiger partial charge >= 0.3 is 0 Å². The van der Waals surface area contributed by atoms with Crippen LogP contribution in [-0.4, -0.2) is 41.1 Å². The average Bonchev–Trinajstić information content (AvgIpc) is 3.22. The van der Waals surface area contributed by atoms with Crippen LogP contribution in [0, 0.1) is 13.8 Å². The van der Waals surface area contributed by atoms with E-state index >= 15 is 0 Å². The van der Waals surface area contributed by atoms with Crippen LogP contribution < -0.4 is 15.0 Å². The molecule has 7 nitrogen and oxygen atoms in total. The van der Waals surface area contributed by atoms with Gasteiger partial charge < -0.3 is 15.0 Å². The maximum atomic E-state index is 12.8. The summed E-state index contributed by atoms with van der Waals surface area (Å²) in [5, 5.41) is 12.7. The molecule has 0 aliphatic carbocycles. The largest absolute Gasteiger partial charge is 0.495 e. The van der Waals surface area contributed by atoms with E-state index in [1.807, 2.05) is 25.1 Å². The highest BCUT2D eigenvalue weighted by Crippen LogP contribution is 2.27. The van der Waals surface area contributed by atoms with E-state index in [0.29, 0.717) is 27.5 Å². The van der Waals surface area contributed by atoms with Gasteiger partial charge in [0.05, 0.1) is 17.8 Å². The number of ether oxygens (including phenoxy) is 1. The minimum absolute atomic E-state index is 0.262. The third-order valence-electron chi connectivity index (χ3n) is 5.91. The van der Waals surface area contributed by atoms with Crippen molar-refractivity contribution in [1.29, 1.82) is 0 Å². The van der Waals surface area contributed by atoms with Crippen LogP contribution in [0.15, 0.2) is 48.5 Å². The van der Waals surface area contributed by atoms with E-state index in [9.17, 15) is 4.79 Å². The maximum Gasteiger partial charge on any atom is 0.255 e. The topological polar surface area (TPSA) is 72.3 Å². The molecule has 176 valence electrons. The third kappa shape index (κ3) is 4.56. The van der Waals surface area contributed by atoms with Gasteiger partial charge in [-0.3, -0.25) is 4.79 Å². The summed E-state index contributed by atoms with van der Waals surface area (Å²) in [6.45, 7) is 10.2. The summed E-state index contributed by atoms with van der Waals surface area (Å²) in [6, 6.07) is 15.0. The Morgan fingerprint density at radius 2 is 1.71 bits per heavy atom. The molecule has 4 rings (SSSR count). The third-order valence-corrected chi connectivity index (χ3v) is 6.21. The van der Waals surface area contributed by atoms with Crippen LogP contribution in [0.25, 0.3) is 16.7 Å². The second kappa shape index (κ2) is 9.73. The van der Waals surface area contributed by atoms with E-state index in [4.69, 9.17) is 16.3 Å². The number of nitrogens with one attached hydrogen (secondary N) is 1. The number of amides is 1. The van der Waals surface area contributed by atoms with Gasteiger partial charge in [0.15, 0.2) is 0 Å². The molecule has 0 aliphatic rings. The van der Waals surface area contributed by atoms with Crippen molar-refractivity contribution >= 4 is 39.9 Å². The standard InChI is InChI=1S/C26H28ClN5O2/c1-6-31(7-2)19-9-10-24(17(4)12-19)32-29-22-13-16(3)21(15-23(22)30-32)28-26(33)18-8-11-25(34-5)20(27)14-18/h8-15H,6-7H2,1-5H3,(H,28,33). The van der Waals surface area contributed by atoms with Gasteiger partial charge in [-0.25, -0.2) is 0 Å². The molecule has 0 spiro atoms. The Labute approximate surface area is 204 Å². The molecule has 0 saturated carbocycles. The molecule has 0 aliphatic heterocycles. The molecule has 34 heavy (non-hydrogen) atoms. The van der Waals surface area contributed by atoms with E-state index in [0.717, 1.165) is 35.4 Å². The number of aryl methyl sites for hydroxylation is 2. The van der Waals surface area contributed by atoms with E-state index in [-0.39, 0.29) is 5.91 Å². The molecule has 0 fully saturated rings. The lowest BCUT2D eigenvalue weighted by Gasteiger charge is -2.22. The Hall–Kier alpha value is -3.58. The molecule has 1 N–H and O–H groups in total. The van der Waals surface area contributed by atoms with E-state index < -0.39 is 0 Å². The van der Waals surface area contributed by atoms with Gasteiger partial charge in [-0.15, -0.1) is 10.2 Å². The van der Waals surface area contributed by atoms with Crippen molar-refractivity contribution in [2.24, 2.45) is 0 Å². The van der Waals surface area contributed by atoms with Crippen LogP contribution >= 0.6 is 11.6 Å². The van der Waals surface area contributed by atoms with Gasteiger partial charge in [0, 0.05) is 30.0 Å². The predicted molar refractivity (Wildman–Crippen MR) is 138 cm³/mol. The number of nitrogens with zero attached hydrogens (tertiary/aromatic N) is 4. The minimum atomic E-state index is -0.262. The molecule has 1 aromatic heterocycles. The van der Waals surface area contributed by atoms with Gasteiger partial charge in [-0.1, -0.05) is 11.6 Å². The Bertz CT molecular complexity index is 1360. The number of carbonyl (C=O) groups is 1. The number of carbonyl (C=O) groups excluding carboxylic acids is 1. The summed E-state index contributed by atoms with van der Waals surface area (Å²) in [5.41, 5.74) is 6.65. The SMILES string of the molecule is CCN(CC)c1ccc(-n2nc3cc(C)c(NC(=O)c4ccc(OC)c(Cl)c4)cc3n2)c(C)c1. The lowest BCUT2D eigenvalue weighted by atomic mass is 10.1. The fraction of sp³-hybridized carbons (Fsp3) is 0.269. The van der Waals surface area contributed by atoms with E-state index in [1.54, 1.807) is 23.0 Å². The van der Waals surface area contributed by atoms with Crippen molar-refractivity contribution in [3.63, 3.8) is 0 Å². The molecular weight excluding hydrogens is 450 g/mol. The van der Waals surface area contributed by atoms with Crippen LogP contribution in [-0.2, 0) is 0 Å². The van der Waals surface area contributed by atoms with Gasteiger partial charge in [-0.2, -0.15) is 4.80 Å². The summed E-state index contributed by atoms with van der Waals surface area (Å²) in [6.07, 6.45) is 0. The van der Waals surface area contributed by atoms with Crippen LogP contribution in [0.3, 0.4) is 0 Å². The van der Waals surface area contributed by atoms with Crippen LogP contribution in [0.4, 0.5) is 11.4 Å². The molecule has 0 bridgehead atoms. The van der Waals surface area contributed by atoms with Crippen LogP contribution in [0.2, 0.25) is 5.02 Å². The van der Waals surface area contributed by atoms with Gasteiger partial charge in [0.1, 0.15) is 16.8 Å². The molecule has 0 radical (unpaired) electrons. The summed E-state index contributed by atoms with van der Waals surface area (Å²) in [4.78, 5) is 16.8. The van der Waals surface area contributed by atoms with Gasteiger partial charge in [0.25, 0.3) is 5.91 Å². The first kappa shape index (κ1) is 23.6. The maximum absolute atomic E-state index is 12.8. The number of aromatic nitrogens is 3. The smallest absolute Gasteiger partial charge is 0.255 e. The monoisotopic (exact) mass is 477 g/mol. The summed E-state index contributed by atoms with van der Waals surface area (Å²) >= 11 is 6.17. The van der Waals surface area contributed by atoms with Crippen molar-refractivity contribution in [1.82, 2.24) is 15.0 Å². The van der Waals surface area contributed by atoms with Crippen LogP contribution in [0.5, 0.6) is 5.75 Å². The molecule has 0 unspecified atom stereocenters. The van der Waals surface area contributed by atoms with Crippen molar-refractivity contribution in [2.45, 2.75) is 27.7 Å². The fourth-order valence-electron chi connectivity index (χ4n) is 3.96. The van der Waals surface area contributed by atoms with Gasteiger partial charge in [-0.05, 0) is 87.4 Å². The number of methoxy groups -OCH3 is 1. The Kier molecular flexibility index (Phi) is 6.75. The first-order chi connectivity index (χ1) is 16.3. The van der Waals surface area contributed by atoms with E-state index in [2.05, 4.69) is 53.3 Å². The lowest BCUT2D eigenvalue weighted by Crippen LogP contribution is -2.21. The molecule has 0 atom stereocenters. The number of fused-ring (bicyclic) bond motifs is 1. The van der Waals surface area contributed by atoms with Crippen LogP contribution in [0.1, 0.15) is 35.3 Å². The number of hydrogen-bond acceptors (Lipinski definition) is 5. The van der Waals surface area contributed by atoms with Crippen molar-refractivity contribution in [3.05, 3.63) is 70.2 Å². The highest BCUT2D eigenvalue weighted by atomic mass is 35.5. The van der Waals surface area contributed by atoms with Gasteiger partial charge in [0.2, 0.25) is 0 Å². The number of anilines is 2. The average molecular weight is 478 g/mol. The van der Waals surface area contributed by atoms with E-state index in [1.165, 1.54) is 12.8 Å². The summed E-state index contributed by atoms with van der Waals surface area (Å²) in [5.74, 6) is 0.259. The molecule has 0 saturated heterocycles. The summed E-state index contributed by atoms with van der Waals surface area (Å²) in [7, 11) is 1.54. The number of rotatable bonds is 7. The van der Waals surface area contributed by atoms with Crippen molar-refractivity contribution in [3.8, 4) is 11.4 Å². The first-order valence-electron chi connectivity index (χ1n) is 11.2. The zero-order valence-electron chi connectivity index (χ0n) is 20.0. The molecule has 3 aromatic carbocycles. The summed E-state index contributed by atoms with van der Waals surface area (Å²) < 4.78 is 5.16. The first-order valence-corrected chi connectivity index (χ1v) is 11.6. The molecule has 1 amide bonds. The fourth-order valence-corrected chi connectivity index (χ4v) is 4.22. The molecule has 8 heteroatoms. The second-order valence-corrected chi connectivity index (χ2v) is 8.50. The Morgan fingerprint density at radius 3 is 2.32 bits per heavy atom. The molecule has 1 heterocycles. The zero-order chi connectivity index (χ0) is 24.4. The van der Waals surface area contributed by atoms with Crippen molar-refractivity contribution < 1.29 is 9.53 Å². The second-order valence-electron chi connectivity index (χ2n) is 8.09.